The van der Waals surface area contributed by atoms with Crippen molar-refractivity contribution in [2.24, 2.45) is 7.05 Å². The van der Waals surface area contributed by atoms with Crippen molar-refractivity contribution in [1.82, 2.24) is 24.4 Å². The Kier molecular flexibility index (Phi) is 4.66. The first kappa shape index (κ1) is 15.6. The molecule has 0 spiro atoms. The Labute approximate surface area is 135 Å². The molecular formula is C16H22N6O. The highest BCUT2D eigenvalue weighted by Crippen LogP contribution is 2.20. The smallest absolute Gasteiger partial charge is 0.257 e. The number of hydrogen-bond acceptors (Lipinski definition) is 6. The van der Waals surface area contributed by atoms with E-state index in [1.165, 1.54) is 4.57 Å². The summed E-state index contributed by atoms with van der Waals surface area (Å²) in [5.74, 6) is 0.958. The third-order valence-electron chi connectivity index (χ3n) is 4.49. The van der Waals surface area contributed by atoms with Crippen molar-refractivity contribution in [3.05, 3.63) is 47.0 Å². The predicted molar refractivity (Wildman–Crippen MR) is 88.2 cm³/mol. The minimum Gasteiger partial charge on any atom is -0.356 e. The maximum Gasteiger partial charge on any atom is 0.257 e. The topological polar surface area (TPSA) is 67.2 Å². The molecule has 0 N–H and O–H groups in total. The maximum atomic E-state index is 12.1. The van der Waals surface area contributed by atoms with Crippen LogP contribution in [0.5, 0.6) is 0 Å². The first-order chi connectivity index (χ1) is 11.1. The number of rotatable bonds is 4. The van der Waals surface area contributed by atoms with Gasteiger partial charge in [0.25, 0.3) is 5.56 Å². The Balaban J connectivity index is 1.58. The summed E-state index contributed by atoms with van der Waals surface area (Å²) in [5.41, 5.74) is 0.804. The van der Waals surface area contributed by atoms with Crippen LogP contribution in [0.1, 0.15) is 18.4 Å². The van der Waals surface area contributed by atoms with E-state index in [-0.39, 0.29) is 5.56 Å². The largest absolute Gasteiger partial charge is 0.356 e. The first-order valence-electron chi connectivity index (χ1n) is 7.86. The van der Waals surface area contributed by atoms with Gasteiger partial charge in [0.1, 0.15) is 12.1 Å². The van der Waals surface area contributed by atoms with Gasteiger partial charge in [0.05, 0.1) is 6.33 Å². The summed E-state index contributed by atoms with van der Waals surface area (Å²) in [6.45, 7) is 2.61. The molecule has 23 heavy (non-hydrogen) atoms. The van der Waals surface area contributed by atoms with E-state index in [2.05, 4.69) is 31.8 Å². The molecule has 1 aliphatic rings. The van der Waals surface area contributed by atoms with Crippen molar-refractivity contribution in [3.63, 3.8) is 0 Å². The van der Waals surface area contributed by atoms with E-state index in [1.807, 2.05) is 6.07 Å². The van der Waals surface area contributed by atoms with E-state index >= 15 is 0 Å². The van der Waals surface area contributed by atoms with E-state index in [0.717, 1.165) is 37.3 Å². The van der Waals surface area contributed by atoms with Gasteiger partial charge in [0, 0.05) is 57.7 Å². The van der Waals surface area contributed by atoms with E-state index in [4.69, 9.17) is 0 Å². The minimum absolute atomic E-state index is 0.0419. The molecule has 1 fully saturated rings. The number of hydrogen-bond donors (Lipinski definition) is 0. The summed E-state index contributed by atoms with van der Waals surface area (Å²) < 4.78 is 1.53. The third-order valence-corrected chi connectivity index (χ3v) is 4.49. The molecule has 0 saturated carbocycles. The van der Waals surface area contributed by atoms with Gasteiger partial charge in [-0.15, -0.1) is 0 Å². The van der Waals surface area contributed by atoms with Crippen molar-refractivity contribution in [1.29, 1.82) is 0 Å². The second-order valence-corrected chi connectivity index (χ2v) is 6.02. The van der Waals surface area contributed by atoms with Crippen molar-refractivity contribution in [2.75, 3.05) is 25.0 Å². The molecule has 1 aliphatic heterocycles. The van der Waals surface area contributed by atoms with Crippen LogP contribution >= 0.6 is 0 Å². The molecule has 0 bridgehead atoms. The molecular weight excluding hydrogens is 292 g/mol. The second-order valence-electron chi connectivity index (χ2n) is 6.02. The second kappa shape index (κ2) is 6.87. The van der Waals surface area contributed by atoms with E-state index in [1.54, 1.807) is 32.1 Å². The fourth-order valence-corrected chi connectivity index (χ4v) is 3.05. The molecule has 3 rings (SSSR count). The molecule has 0 aromatic carbocycles. The highest BCUT2D eigenvalue weighted by Gasteiger charge is 2.23. The van der Waals surface area contributed by atoms with Gasteiger partial charge in [-0.2, -0.15) is 0 Å². The van der Waals surface area contributed by atoms with Crippen LogP contribution in [0.4, 0.5) is 5.82 Å². The van der Waals surface area contributed by atoms with Gasteiger partial charge < -0.3 is 9.47 Å². The van der Waals surface area contributed by atoms with E-state index in [9.17, 15) is 4.79 Å². The molecule has 122 valence electrons. The molecule has 0 atom stereocenters. The van der Waals surface area contributed by atoms with Gasteiger partial charge in [-0.1, -0.05) is 0 Å². The molecule has 0 aliphatic carbocycles. The third kappa shape index (κ3) is 3.56. The number of anilines is 1. The lowest BCUT2D eigenvalue weighted by Gasteiger charge is -2.37. The van der Waals surface area contributed by atoms with Crippen molar-refractivity contribution in [3.8, 4) is 0 Å². The number of nitrogens with zero attached hydrogens (tertiary/aromatic N) is 6. The highest BCUT2D eigenvalue weighted by molar-refractivity contribution is 5.36. The monoisotopic (exact) mass is 314 g/mol. The van der Waals surface area contributed by atoms with Crippen molar-refractivity contribution in [2.45, 2.75) is 25.4 Å². The van der Waals surface area contributed by atoms with Gasteiger partial charge in [-0.3, -0.25) is 9.69 Å². The Morgan fingerprint density at radius 3 is 2.78 bits per heavy atom. The molecule has 2 aromatic heterocycles. The van der Waals surface area contributed by atoms with Crippen molar-refractivity contribution >= 4 is 5.82 Å². The zero-order valence-electron chi connectivity index (χ0n) is 13.6. The number of aryl methyl sites for hydroxylation is 1. The zero-order chi connectivity index (χ0) is 16.2. The van der Waals surface area contributed by atoms with Gasteiger partial charge in [-0.25, -0.2) is 15.0 Å². The normalized spacial score (nSPS) is 16.4. The van der Waals surface area contributed by atoms with Crippen LogP contribution in [0, 0.1) is 0 Å². The average Bonchev–Trinajstić information content (AvgIpc) is 2.60. The lowest BCUT2D eigenvalue weighted by Crippen LogP contribution is -2.44. The number of aromatic nitrogens is 4. The Hall–Kier alpha value is -2.28. The predicted octanol–water partition coefficient (Wildman–Crippen LogP) is 0.671. The Bertz CT molecular complexity index is 693. The van der Waals surface area contributed by atoms with Crippen LogP contribution < -0.4 is 10.5 Å². The quantitative estimate of drug-likeness (QED) is 0.826. The minimum atomic E-state index is 0.0419. The molecule has 0 amide bonds. The van der Waals surface area contributed by atoms with Gasteiger partial charge in [0.15, 0.2) is 0 Å². The molecule has 7 heteroatoms. The zero-order valence-corrected chi connectivity index (χ0v) is 13.6. The first-order valence-corrected chi connectivity index (χ1v) is 7.86. The van der Waals surface area contributed by atoms with Crippen LogP contribution in [-0.4, -0.2) is 50.6 Å². The maximum absolute atomic E-state index is 12.1. The van der Waals surface area contributed by atoms with Crippen LogP contribution in [-0.2, 0) is 13.6 Å². The van der Waals surface area contributed by atoms with Crippen molar-refractivity contribution < 1.29 is 0 Å². The lowest BCUT2D eigenvalue weighted by atomic mass is 10.0. The van der Waals surface area contributed by atoms with Crippen LogP contribution in [0.3, 0.4) is 0 Å². The number of piperidine rings is 1. The lowest BCUT2D eigenvalue weighted by molar-refractivity contribution is 0.202. The molecule has 0 unspecified atom stereocenters. The summed E-state index contributed by atoms with van der Waals surface area (Å²) in [4.78, 5) is 29.0. The molecule has 0 radical (unpaired) electrons. The SMILES string of the molecule is CN(c1ccncn1)C1CCN(Cc2cncn(C)c2=O)CC1. The molecule has 3 heterocycles. The molecule has 7 nitrogen and oxygen atoms in total. The van der Waals surface area contributed by atoms with Gasteiger partial charge >= 0.3 is 0 Å². The van der Waals surface area contributed by atoms with Crippen LogP contribution in [0.2, 0.25) is 0 Å². The van der Waals surface area contributed by atoms with E-state index < -0.39 is 0 Å². The Morgan fingerprint density at radius 2 is 2.09 bits per heavy atom. The summed E-state index contributed by atoms with van der Waals surface area (Å²) in [6, 6.07) is 2.41. The van der Waals surface area contributed by atoms with Gasteiger partial charge in [-0.05, 0) is 18.9 Å². The summed E-state index contributed by atoms with van der Waals surface area (Å²) in [7, 11) is 3.82. The molecule has 1 saturated heterocycles. The fourth-order valence-electron chi connectivity index (χ4n) is 3.05. The summed E-state index contributed by atoms with van der Waals surface area (Å²) >= 11 is 0. The van der Waals surface area contributed by atoms with Crippen LogP contribution in [0.15, 0.2) is 35.9 Å². The summed E-state index contributed by atoms with van der Waals surface area (Å²) in [6.07, 6.45) is 8.70. The average molecular weight is 314 g/mol. The standard InChI is InChI=1S/C16H22N6O/c1-20-12-18-9-13(16(20)23)10-22-7-4-14(5-8-22)21(2)15-3-6-17-11-19-15/h3,6,9,11-12,14H,4-5,7-8,10H2,1-2H3. The van der Waals surface area contributed by atoms with E-state index in [0.29, 0.717) is 12.6 Å². The Morgan fingerprint density at radius 1 is 1.30 bits per heavy atom. The highest BCUT2D eigenvalue weighted by atomic mass is 16.1. The fraction of sp³-hybridized carbons (Fsp3) is 0.500. The summed E-state index contributed by atoms with van der Waals surface area (Å²) in [5, 5.41) is 0. The van der Waals surface area contributed by atoms with Crippen LogP contribution in [0.25, 0.3) is 0 Å². The van der Waals surface area contributed by atoms with Gasteiger partial charge in [0.2, 0.25) is 0 Å². The molecule has 2 aromatic rings. The number of likely N-dealkylation sites (tertiary alicyclic amines) is 1.